The Morgan fingerprint density at radius 2 is 1.76 bits per heavy atom. The van der Waals surface area contributed by atoms with Crippen LogP contribution in [0.4, 0.5) is 8.78 Å². The van der Waals surface area contributed by atoms with Crippen molar-refractivity contribution in [3.8, 4) is 5.75 Å². The molecule has 0 radical (unpaired) electrons. The van der Waals surface area contributed by atoms with Crippen LogP contribution in [0.5, 0.6) is 5.75 Å². The van der Waals surface area contributed by atoms with Crippen LogP contribution in [0.1, 0.15) is 47.2 Å². The van der Waals surface area contributed by atoms with Crippen molar-refractivity contribution in [2.75, 3.05) is 32.7 Å². The summed E-state index contributed by atoms with van der Waals surface area (Å²) in [5, 5.41) is 26.6. The number of aromatic hydroxyl groups is 1. The number of rotatable bonds is 10. The first-order valence-electron chi connectivity index (χ1n) is 14.1. The van der Waals surface area contributed by atoms with Crippen LogP contribution < -0.4 is 10.6 Å². The number of phenolic OH excluding ortho intramolecular Hbond substituents is 1. The summed E-state index contributed by atoms with van der Waals surface area (Å²) in [6, 6.07) is 10.6. The smallest absolute Gasteiger partial charge is 0.267 e. The number of hydrogen-bond donors (Lipinski definition) is 4. The van der Waals surface area contributed by atoms with Gasteiger partial charge in [0.2, 0.25) is 5.91 Å². The predicted octanol–water partition coefficient (Wildman–Crippen LogP) is 2.24. The van der Waals surface area contributed by atoms with Crippen molar-refractivity contribution in [2.24, 2.45) is 0 Å². The molecular formula is C30H38F2N4O5. The Bertz CT molecular complexity index is 1220. The quantitative estimate of drug-likeness (QED) is 0.347. The van der Waals surface area contributed by atoms with E-state index in [-0.39, 0.29) is 24.3 Å². The number of alkyl halides is 2. The van der Waals surface area contributed by atoms with Crippen LogP contribution in [-0.2, 0) is 16.0 Å². The molecule has 2 aliphatic rings. The Morgan fingerprint density at radius 1 is 1.05 bits per heavy atom. The topological polar surface area (TPSA) is 122 Å². The number of hydrogen-bond acceptors (Lipinski definition) is 6. The number of likely N-dealkylation sites (tertiary alicyclic amines) is 2. The average Bonchev–Trinajstić information content (AvgIpc) is 3.29. The van der Waals surface area contributed by atoms with E-state index < -0.39 is 54.8 Å². The first-order valence-corrected chi connectivity index (χ1v) is 14.1. The number of carbonyl (C=O) groups is 3. The number of nitrogens with zero attached hydrogens (tertiary/aromatic N) is 2. The van der Waals surface area contributed by atoms with Crippen LogP contribution in [0.25, 0.3) is 0 Å². The molecule has 3 amide bonds. The van der Waals surface area contributed by atoms with Crippen LogP contribution in [0.2, 0.25) is 0 Å². The van der Waals surface area contributed by atoms with E-state index in [1.165, 1.54) is 24.6 Å². The number of phenols is 1. The Hall–Kier alpha value is -3.57. The highest BCUT2D eigenvalue weighted by Crippen LogP contribution is 2.33. The monoisotopic (exact) mass is 572 g/mol. The second-order valence-electron chi connectivity index (χ2n) is 10.9. The number of aliphatic hydroxyl groups is 1. The van der Waals surface area contributed by atoms with Gasteiger partial charge in [0.1, 0.15) is 11.8 Å². The van der Waals surface area contributed by atoms with Crippen LogP contribution in [0, 0.1) is 6.92 Å². The SMILES string of the molecule is Cc1c(O)cccc1C(=O)N[C@@H](Cc1ccccc1)[C@H](O)C(=O)N1CC(F)(F)C[C@H]1C(=O)NCCN1CCCCC1. The molecule has 4 rings (SSSR count). The number of halogens is 2. The van der Waals surface area contributed by atoms with Gasteiger partial charge in [-0.2, -0.15) is 0 Å². The maximum atomic E-state index is 14.5. The van der Waals surface area contributed by atoms with Crippen molar-refractivity contribution >= 4 is 17.7 Å². The summed E-state index contributed by atoms with van der Waals surface area (Å²) < 4.78 is 29.1. The largest absolute Gasteiger partial charge is 0.508 e. The Morgan fingerprint density at radius 3 is 2.46 bits per heavy atom. The lowest BCUT2D eigenvalue weighted by Crippen LogP contribution is -2.56. The molecule has 9 nitrogen and oxygen atoms in total. The summed E-state index contributed by atoms with van der Waals surface area (Å²) in [5.74, 6) is -5.81. The van der Waals surface area contributed by atoms with Gasteiger partial charge in [-0.3, -0.25) is 14.4 Å². The highest BCUT2D eigenvalue weighted by molar-refractivity contribution is 5.97. The van der Waals surface area contributed by atoms with Gasteiger partial charge in [-0.15, -0.1) is 0 Å². The fourth-order valence-corrected chi connectivity index (χ4v) is 5.49. The van der Waals surface area contributed by atoms with Crippen molar-refractivity contribution < 1.29 is 33.4 Å². The lowest BCUT2D eigenvalue weighted by atomic mass is 9.98. The van der Waals surface area contributed by atoms with Crippen molar-refractivity contribution in [3.05, 3.63) is 65.2 Å². The first-order chi connectivity index (χ1) is 19.6. The molecule has 2 aromatic rings. The van der Waals surface area contributed by atoms with Crippen LogP contribution in [0.15, 0.2) is 48.5 Å². The van der Waals surface area contributed by atoms with E-state index in [0.29, 0.717) is 17.7 Å². The van der Waals surface area contributed by atoms with Gasteiger partial charge in [-0.1, -0.05) is 42.8 Å². The van der Waals surface area contributed by atoms with Crippen molar-refractivity contribution in [3.63, 3.8) is 0 Å². The molecule has 3 atom stereocenters. The van der Waals surface area contributed by atoms with Gasteiger partial charge in [0.25, 0.3) is 17.7 Å². The highest BCUT2D eigenvalue weighted by atomic mass is 19.3. The maximum Gasteiger partial charge on any atom is 0.267 e. The Balaban J connectivity index is 1.49. The van der Waals surface area contributed by atoms with Crippen LogP contribution in [0.3, 0.4) is 0 Å². The van der Waals surface area contributed by atoms with Gasteiger partial charge < -0.3 is 30.6 Å². The van der Waals surface area contributed by atoms with E-state index >= 15 is 0 Å². The maximum absolute atomic E-state index is 14.5. The molecule has 222 valence electrons. The standard InChI is InChI=1S/C30H38F2N4O5/c1-20-22(11-8-12-25(20)37)27(39)34-23(17-21-9-4-2-5-10-21)26(38)29(41)36-19-30(31,32)18-24(36)28(40)33-13-16-35-14-6-3-7-15-35/h2,4-5,8-12,23-24,26,37-38H,3,6-7,13-19H2,1H3,(H,33,40)(H,34,39)/t23-,24-,26-/m0/s1. The number of piperidine rings is 1. The third kappa shape index (κ3) is 7.80. The first kappa shape index (κ1) is 30.4. The molecular weight excluding hydrogens is 534 g/mol. The zero-order valence-corrected chi connectivity index (χ0v) is 23.2. The fourth-order valence-electron chi connectivity index (χ4n) is 5.49. The third-order valence-electron chi connectivity index (χ3n) is 7.83. The molecule has 11 heteroatoms. The van der Waals surface area contributed by atoms with E-state index in [4.69, 9.17) is 0 Å². The van der Waals surface area contributed by atoms with Crippen LogP contribution in [-0.4, -0.2) is 94.6 Å². The number of carbonyl (C=O) groups excluding carboxylic acids is 3. The summed E-state index contributed by atoms with van der Waals surface area (Å²) in [6.45, 7) is 3.24. The fraction of sp³-hybridized carbons (Fsp3) is 0.500. The zero-order chi connectivity index (χ0) is 29.6. The van der Waals surface area contributed by atoms with E-state index in [1.54, 1.807) is 37.3 Å². The van der Waals surface area contributed by atoms with Crippen molar-refractivity contribution in [1.29, 1.82) is 0 Å². The molecule has 0 bridgehead atoms. The van der Waals surface area contributed by atoms with Crippen molar-refractivity contribution in [2.45, 2.75) is 63.1 Å². The minimum absolute atomic E-state index is 0.0221. The Labute approximate surface area is 238 Å². The molecule has 2 saturated heterocycles. The highest BCUT2D eigenvalue weighted by Gasteiger charge is 2.51. The molecule has 2 aliphatic heterocycles. The molecule has 0 unspecified atom stereocenters. The summed E-state index contributed by atoms with van der Waals surface area (Å²) in [6.07, 6.45) is 0.587. The molecule has 0 spiro atoms. The molecule has 4 N–H and O–H groups in total. The molecule has 2 fully saturated rings. The minimum Gasteiger partial charge on any atom is -0.508 e. The molecule has 0 saturated carbocycles. The molecule has 2 aromatic carbocycles. The summed E-state index contributed by atoms with van der Waals surface area (Å²) >= 11 is 0. The molecule has 0 aliphatic carbocycles. The Kier molecular flexibility index (Phi) is 9.93. The summed E-state index contributed by atoms with van der Waals surface area (Å²) in [5.41, 5.74) is 1.14. The van der Waals surface area contributed by atoms with Crippen molar-refractivity contribution in [1.82, 2.24) is 20.4 Å². The van der Waals surface area contributed by atoms with Gasteiger partial charge in [0.05, 0.1) is 12.6 Å². The third-order valence-corrected chi connectivity index (χ3v) is 7.83. The normalized spacial score (nSPS) is 20.3. The van der Waals surface area contributed by atoms with E-state index in [2.05, 4.69) is 15.5 Å². The second-order valence-corrected chi connectivity index (χ2v) is 10.9. The summed E-state index contributed by atoms with van der Waals surface area (Å²) in [4.78, 5) is 42.5. The predicted molar refractivity (Wildman–Crippen MR) is 149 cm³/mol. The van der Waals surface area contributed by atoms with Gasteiger partial charge in [-0.05, 0) is 57.0 Å². The average molecular weight is 573 g/mol. The van der Waals surface area contributed by atoms with E-state index in [9.17, 15) is 33.4 Å². The lowest BCUT2D eigenvalue weighted by Gasteiger charge is -2.30. The van der Waals surface area contributed by atoms with E-state index in [0.717, 1.165) is 30.8 Å². The van der Waals surface area contributed by atoms with E-state index in [1.807, 2.05) is 0 Å². The molecule has 0 aromatic heterocycles. The second kappa shape index (κ2) is 13.4. The zero-order valence-electron chi connectivity index (χ0n) is 23.2. The van der Waals surface area contributed by atoms with Gasteiger partial charge in [0, 0.05) is 30.6 Å². The van der Waals surface area contributed by atoms with Gasteiger partial charge in [-0.25, -0.2) is 8.78 Å². The molecule has 41 heavy (non-hydrogen) atoms. The number of aliphatic hydroxyl groups excluding tert-OH is 1. The van der Waals surface area contributed by atoms with Gasteiger partial charge in [0.15, 0.2) is 6.10 Å². The number of amides is 3. The van der Waals surface area contributed by atoms with Gasteiger partial charge >= 0.3 is 0 Å². The number of benzene rings is 2. The molecule has 2 heterocycles. The minimum atomic E-state index is -3.30. The lowest BCUT2D eigenvalue weighted by molar-refractivity contribution is -0.147. The number of nitrogens with one attached hydrogen (secondary N) is 2. The summed E-state index contributed by atoms with van der Waals surface area (Å²) in [7, 11) is 0. The van der Waals surface area contributed by atoms with Crippen LogP contribution >= 0.6 is 0 Å².